The van der Waals surface area contributed by atoms with Gasteiger partial charge < -0.3 is 10.8 Å². The second-order valence-corrected chi connectivity index (χ2v) is 3.22. The van der Waals surface area contributed by atoms with Gasteiger partial charge in [0.05, 0.1) is 5.92 Å². The normalized spacial score (nSPS) is 31.7. The minimum Gasteiger partial charge on any atom is -0.481 e. The summed E-state index contributed by atoms with van der Waals surface area (Å²) < 4.78 is 0. The van der Waals surface area contributed by atoms with Gasteiger partial charge in [0.25, 0.3) is 0 Å². The van der Waals surface area contributed by atoms with Gasteiger partial charge >= 0.3 is 5.97 Å². The predicted octanol–water partition coefficient (Wildman–Crippen LogP) is 0.836. The fraction of sp³-hybridized carbons (Fsp3) is 0.875. The van der Waals surface area contributed by atoms with Crippen molar-refractivity contribution in [3.63, 3.8) is 0 Å². The third-order valence-electron chi connectivity index (χ3n) is 2.53. The van der Waals surface area contributed by atoms with Crippen molar-refractivity contribution in [2.45, 2.75) is 25.7 Å². The molecule has 0 spiro atoms. The molecule has 0 amide bonds. The van der Waals surface area contributed by atoms with Gasteiger partial charge in [-0.3, -0.25) is 4.79 Å². The smallest absolute Gasteiger partial charge is 0.306 e. The van der Waals surface area contributed by atoms with Gasteiger partial charge in [-0.2, -0.15) is 0 Å². The van der Waals surface area contributed by atoms with Crippen LogP contribution in [0.5, 0.6) is 0 Å². The predicted molar refractivity (Wildman–Crippen MR) is 42.1 cm³/mol. The molecule has 0 aromatic heterocycles. The van der Waals surface area contributed by atoms with Crippen LogP contribution in [0, 0.1) is 11.8 Å². The topological polar surface area (TPSA) is 63.3 Å². The quantitative estimate of drug-likeness (QED) is 0.624. The van der Waals surface area contributed by atoms with E-state index in [0.717, 1.165) is 25.7 Å². The Kier molecular flexibility index (Phi) is 2.88. The average molecular weight is 157 g/mol. The number of carboxylic acids is 1. The number of rotatable bonds is 2. The molecule has 1 fully saturated rings. The zero-order valence-electron chi connectivity index (χ0n) is 6.62. The number of nitrogens with two attached hydrogens (primary N) is 1. The molecule has 2 atom stereocenters. The third-order valence-corrected chi connectivity index (χ3v) is 2.53. The molecule has 1 aliphatic carbocycles. The van der Waals surface area contributed by atoms with Gasteiger partial charge in [-0.15, -0.1) is 0 Å². The first kappa shape index (κ1) is 8.53. The molecule has 3 N–H and O–H groups in total. The van der Waals surface area contributed by atoms with Gasteiger partial charge in [-0.25, -0.2) is 0 Å². The maximum Gasteiger partial charge on any atom is 0.306 e. The summed E-state index contributed by atoms with van der Waals surface area (Å²) in [5.41, 5.74) is 5.47. The summed E-state index contributed by atoms with van der Waals surface area (Å²) in [6.45, 7) is 0.525. The van der Waals surface area contributed by atoms with Gasteiger partial charge in [0.2, 0.25) is 0 Å². The molecule has 3 heteroatoms. The highest BCUT2D eigenvalue weighted by Gasteiger charge is 2.29. The monoisotopic (exact) mass is 157 g/mol. The Morgan fingerprint density at radius 3 is 2.55 bits per heavy atom. The van der Waals surface area contributed by atoms with E-state index in [0.29, 0.717) is 6.54 Å². The average Bonchev–Trinajstić information content (AvgIpc) is 2.04. The van der Waals surface area contributed by atoms with E-state index in [4.69, 9.17) is 10.8 Å². The fourth-order valence-corrected chi connectivity index (χ4v) is 1.81. The van der Waals surface area contributed by atoms with Crippen LogP contribution in [-0.2, 0) is 4.79 Å². The SMILES string of the molecule is NC[C@H]1CCCC[C@@H]1C(=O)O. The molecule has 0 bridgehead atoms. The number of carbonyl (C=O) groups is 1. The van der Waals surface area contributed by atoms with Crippen molar-refractivity contribution in [3.8, 4) is 0 Å². The Hall–Kier alpha value is -0.570. The standard InChI is InChI=1S/C8H15NO2/c9-5-6-3-1-2-4-7(6)8(10)11/h6-7H,1-5,9H2,(H,10,11)/t6-,7+/m1/s1. The molecule has 1 rings (SSSR count). The molecule has 3 nitrogen and oxygen atoms in total. The van der Waals surface area contributed by atoms with E-state index >= 15 is 0 Å². The lowest BCUT2D eigenvalue weighted by Gasteiger charge is -2.26. The molecule has 0 unspecified atom stereocenters. The summed E-state index contributed by atoms with van der Waals surface area (Å²) in [4.78, 5) is 10.7. The number of aliphatic carboxylic acids is 1. The van der Waals surface area contributed by atoms with Crippen LogP contribution < -0.4 is 5.73 Å². The van der Waals surface area contributed by atoms with Crippen molar-refractivity contribution in [2.24, 2.45) is 17.6 Å². The third kappa shape index (κ3) is 1.93. The molecular weight excluding hydrogens is 142 g/mol. The van der Waals surface area contributed by atoms with Gasteiger partial charge in [-0.05, 0) is 25.3 Å². The van der Waals surface area contributed by atoms with Crippen molar-refractivity contribution in [1.29, 1.82) is 0 Å². The molecule has 64 valence electrons. The first-order chi connectivity index (χ1) is 5.25. The Morgan fingerprint density at radius 1 is 1.45 bits per heavy atom. The second-order valence-electron chi connectivity index (χ2n) is 3.22. The van der Waals surface area contributed by atoms with E-state index in [1.807, 2.05) is 0 Å². The molecule has 0 heterocycles. The molecule has 0 aromatic carbocycles. The van der Waals surface area contributed by atoms with Crippen LogP contribution in [-0.4, -0.2) is 17.6 Å². The summed E-state index contributed by atoms with van der Waals surface area (Å²) in [5.74, 6) is -0.616. The minimum absolute atomic E-state index is 0.172. The van der Waals surface area contributed by atoms with Crippen molar-refractivity contribution < 1.29 is 9.90 Å². The van der Waals surface area contributed by atoms with Gasteiger partial charge in [0, 0.05) is 0 Å². The van der Waals surface area contributed by atoms with E-state index in [2.05, 4.69) is 0 Å². The minimum atomic E-state index is -0.667. The van der Waals surface area contributed by atoms with Gasteiger partial charge in [-0.1, -0.05) is 12.8 Å². The molecule has 0 aliphatic heterocycles. The maximum absolute atomic E-state index is 10.7. The zero-order chi connectivity index (χ0) is 8.27. The Morgan fingerprint density at radius 2 is 2.09 bits per heavy atom. The van der Waals surface area contributed by atoms with Crippen LogP contribution in [0.15, 0.2) is 0 Å². The Bertz CT molecular complexity index is 147. The van der Waals surface area contributed by atoms with Crippen LogP contribution in [0.4, 0.5) is 0 Å². The summed E-state index contributed by atoms with van der Waals surface area (Å²) in [7, 11) is 0. The first-order valence-electron chi connectivity index (χ1n) is 4.18. The first-order valence-corrected chi connectivity index (χ1v) is 4.18. The van der Waals surface area contributed by atoms with Crippen LogP contribution >= 0.6 is 0 Å². The molecule has 1 saturated carbocycles. The largest absolute Gasteiger partial charge is 0.481 e. The highest BCUT2D eigenvalue weighted by molar-refractivity contribution is 5.70. The number of carboxylic acid groups (broad SMARTS) is 1. The Balaban J connectivity index is 2.51. The molecule has 0 radical (unpaired) electrons. The highest BCUT2D eigenvalue weighted by Crippen LogP contribution is 2.29. The van der Waals surface area contributed by atoms with E-state index in [-0.39, 0.29) is 11.8 Å². The van der Waals surface area contributed by atoms with E-state index in [9.17, 15) is 4.79 Å². The summed E-state index contributed by atoms with van der Waals surface area (Å²) >= 11 is 0. The van der Waals surface area contributed by atoms with Crippen molar-refractivity contribution in [3.05, 3.63) is 0 Å². The van der Waals surface area contributed by atoms with Crippen molar-refractivity contribution >= 4 is 5.97 Å². The lowest BCUT2D eigenvalue weighted by molar-refractivity contribution is -0.144. The lowest BCUT2D eigenvalue weighted by Crippen LogP contribution is -2.32. The molecule has 0 saturated heterocycles. The van der Waals surface area contributed by atoms with Crippen LogP contribution in [0.1, 0.15) is 25.7 Å². The van der Waals surface area contributed by atoms with Crippen molar-refractivity contribution in [2.75, 3.05) is 6.54 Å². The van der Waals surface area contributed by atoms with Crippen LogP contribution in [0.25, 0.3) is 0 Å². The zero-order valence-corrected chi connectivity index (χ0v) is 6.62. The van der Waals surface area contributed by atoms with Gasteiger partial charge in [0.15, 0.2) is 0 Å². The lowest BCUT2D eigenvalue weighted by atomic mass is 9.79. The highest BCUT2D eigenvalue weighted by atomic mass is 16.4. The van der Waals surface area contributed by atoms with Gasteiger partial charge in [0.1, 0.15) is 0 Å². The van der Waals surface area contributed by atoms with E-state index < -0.39 is 5.97 Å². The van der Waals surface area contributed by atoms with E-state index in [1.165, 1.54) is 0 Å². The summed E-state index contributed by atoms with van der Waals surface area (Å²) in [6, 6.07) is 0. The fourth-order valence-electron chi connectivity index (χ4n) is 1.81. The number of hydrogen-bond donors (Lipinski definition) is 2. The summed E-state index contributed by atoms with van der Waals surface area (Å²) in [5, 5.41) is 8.78. The molecular formula is C8H15NO2. The Labute approximate surface area is 66.6 Å². The van der Waals surface area contributed by atoms with Crippen LogP contribution in [0.2, 0.25) is 0 Å². The van der Waals surface area contributed by atoms with Crippen molar-refractivity contribution in [1.82, 2.24) is 0 Å². The molecule has 0 aromatic rings. The molecule has 11 heavy (non-hydrogen) atoms. The second kappa shape index (κ2) is 3.72. The number of hydrogen-bond acceptors (Lipinski definition) is 2. The van der Waals surface area contributed by atoms with E-state index in [1.54, 1.807) is 0 Å². The maximum atomic E-state index is 10.7. The molecule has 1 aliphatic rings. The van der Waals surface area contributed by atoms with Crippen LogP contribution in [0.3, 0.4) is 0 Å². The summed E-state index contributed by atoms with van der Waals surface area (Å²) in [6.07, 6.45) is 4.00.